The summed E-state index contributed by atoms with van der Waals surface area (Å²) in [6, 6.07) is 3.86. The Bertz CT molecular complexity index is 544. The van der Waals surface area contributed by atoms with E-state index in [1.54, 1.807) is 12.4 Å². The van der Waals surface area contributed by atoms with Crippen molar-refractivity contribution >= 4 is 17.9 Å². The lowest BCUT2D eigenvalue weighted by atomic mass is 10.3. The van der Waals surface area contributed by atoms with Crippen LogP contribution in [0.25, 0.3) is 0 Å². The summed E-state index contributed by atoms with van der Waals surface area (Å²) >= 11 is 0. The number of hydrogen-bond acceptors (Lipinski definition) is 6. The van der Waals surface area contributed by atoms with Gasteiger partial charge in [-0.25, -0.2) is 9.97 Å². The molecule has 7 heteroatoms. The molecular weight excluding hydrogens is 282 g/mol. The molecule has 7 nitrogen and oxygen atoms in total. The summed E-state index contributed by atoms with van der Waals surface area (Å²) in [7, 11) is 3.38. The van der Waals surface area contributed by atoms with Crippen molar-refractivity contribution in [2.75, 3.05) is 19.4 Å². The van der Waals surface area contributed by atoms with Gasteiger partial charge in [-0.05, 0) is 12.1 Å². The third-order valence-electron chi connectivity index (χ3n) is 2.22. The normalized spacial score (nSPS) is 8.36. The van der Waals surface area contributed by atoms with Crippen LogP contribution < -0.4 is 10.6 Å². The van der Waals surface area contributed by atoms with Crippen LogP contribution in [0.15, 0.2) is 36.9 Å². The zero-order valence-electron chi connectivity index (χ0n) is 13.2. The van der Waals surface area contributed by atoms with E-state index in [1.807, 2.05) is 33.0 Å². The van der Waals surface area contributed by atoms with Crippen LogP contribution in [-0.4, -0.2) is 41.2 Å². The Morgan fingerprint density at radius 2 is 1.77 bits per heavy atom. The minimum Gasteiger partial charge on any atom is -0.387 e. The van der Waals surface area contributed by atoms with E-state index in [9.17, 15) is 9.59 Å². The van der Waals surface area contributed by atoms with E-state index < -0.39 is 0 Å². The molecule has 0 aliphatic carbocycles. The first-order valence-corrected chi connectivity index (χ1v) is 6.78. The molecule has 0 aliphatic heterocycles. The minimum absolute atomic E-state index is 0.0719. The number of nitrogens with zero attached hydrogens (tertiary/aromatic N) is 3. The molecule has 2 aromatic heterocycles. The number of pyridine rings is 1. The van der Waals surface area contributed by atoms with Gasteiger partial charge in [0, 0.05) is 38.9 Å². The van der Waals surface area contributed by atoms with Crippen LogP contribution in [0.5, 0.6) is 0 Å². The lowest BCUT2D eigenvalue weighted by Gasteiger charge is -1.96. The Morgan fingerprint density at radius 3 is 2.14 bits per heavy atom. The number of carbonyl (C=O) groups excluding carboxylic acids is 2. The van der Waals surface area contributed by atoms with Crippen LogP contribution in [0.1, 0.15) is 34.8 Å². The Hall–Kier alpha value is -2.83. The first-order valence-electron chi connectivity index (χ1n) is 6.78. The Morgan fingerprint density at radius 1 is 1.14 bits per heavy atom. The summed E-state index contributed by atoms with van der Waals surface area (Å²) in [6.07, 6.45) is 6.65. The molecule has 2 heterocycles. The molecule has 0 bridgehead atoms. The van der Waals surface area contributed by atoms with Gasteiger partial charge in [-0.3, -0.25) is 14.6 Å². The van der Waals surface area contributed by atoms with E-state index in [2.05, 4.69) is 25.6 Å². The number of hydrogen-bond donors (Lipinski definition) is 2. The van der Waals surface area contributed by atoms with Crippen LogP contribution in [0.3, 0.4) is 0 Å². The van der Waals surface area contributed by atoms with Gasteiger partial charge in [0.05, 0.1) is 11.3 Å². The SMILES string of the molecule is CC.CNC(=O)c1cnc(C=O)nc1.CNc1cccnc1. The molecule has 2 N–H and O–H groups in total. The van der Waals surface area contributed by atoms with Crippen LogP contribution in [0.4, 0.5) is 5.69 Å². The largest absolute Gasteiger partial charge is 0.387 e. The van der Waals surface area contributed by atoms with Crippen molar-refractivity contribution in [2.45, 2.75) is 13.8 Å². The third-order valence-corrected chi connectivity index (χ3v) is 2.22. The van der Waals surface area contributed by atoms with Crippen molar-refractivity contribution in [1.29, 1.82) is 0 Å². The minimum atomic E-state index is -0.271. The molecule has 0 atom stereocenters. The molecule has 0 spiro atoms. The maximum atomic E-state index is 10.9. The van der Waals surface area contributed by atoms with E-state index in [1.165, 1.54) is 19.4 Å². The van der Waals surface area contributed by atoms with Gasteiger partial charge in [-0.1, -0.05) is 13.8 Å². The van der Waals surface area contributed by atoms with Crippen molar-refractivity contribution < 1.29 is 9.59 Å². The highest BCUT2D eigenvalue weighted by Gasteiger charge is 2.03. The number of nitrogens with one attached hydrogen (secondary N) is 2. The Labute approximate surface area is 130 Å². The van der Waals surface area contributed by atoms with Gasteiger partial charge in [0.1, 0.15) is 0 Å². The fourth-order valence-electron chi connectivity index (χ4n) is 1.17. The number of carbonyl (C=O) groups is 2. The van der Waals surface area contributed by atoms with Crippen molar-refractivity contribution in [3.8, 4) is 0 Å². The number of aldehydes is 1. The zero-order valence-corrected chi connectivity index (χ0v) is 13.2. The second-order valence-corrected chi connectivity index (χ2v) is 3.52. The molecule has 0 saturated heterocycles. The average molecular weight is 303 g/mol. The molecule has 1 amide bonds. The van der Waals surface area contributed by atoms with Crippen LogP contribution in [-0.2, 0) is 0 Å². The molecule has 0 aromatic carbocycles. The molecule has 0 fully saturated rings. The van der Waals surface area contributed by atoms with Crippen molar-refractivity contribution in [3.05, 3.63) is 48.3 Å². The number of amides is 1. The van der Waals surface area contributed by atoms with Gasteiger partial charge in [-0.15, -0.1) is 0 Å². The topological polar surface area (TPSA) is 96.9 Å². The number of aromatic nitrogens is 3. The summed E-state index contributed by atoms with van der Waals surface area (Å²) in [5, 5.41) is 5.38. The molecule has 0 unspecified atom stereocenters. The van der Waals surface area contributed by atoms with E-state index >= 15 is 0 Å². The molecule has 0 radical (unpaired) electrons. The zero-order chi connectivity index (χ0) is 16.8. The number of rotatable bonds is 3. The second-order valence-electron chi connectivity index (χ2n) is 3.52. The smallest absolute Gasteiger partial charge is 0.254 e. The molecule has 118 valence electrons. The van der Waals surface area contributed by atoms with E-state index in [0.29, 0.717) is 11.8 Å². The van der Waals surface area contributed by atoms with Crippen LogP contribution >= 0.6 is 0 Å². The van der Waals surface area contributed by atoms with Crippen molar-refractivity contribution in [3.63, 3.8) is 0 Å². The molecule has 22 heavy (non-hydrogen) atoms. The fraction of sp³-hybridized carbons (Fsp3) is 0.267. The Balaban J connectivity index is 0.000000382. The monoisotopic (exact) mass is 303 g/mol. The molecule has 2 aromatic rings. The summed E-state index contributed by atoms with van der Waals surface area (Å²) < 4.78 is 0. The Kier molecular flexibility index (Phi) is 10.4. The molecule has 0 aliphatic rings. The van der Waals surface area contributed by atoms with E-state index in [0.717, 1.165) is 5.69 Å². The maximum Gasteiger partial charge on any atom is 0.254 e. The standard InChI is InChI=1S/C7H7N3O2.C6H8N2.C2H6/c1-8-7(12)5-2-9-6(4-11)10-3-5;1-7-6-3-2-4-8-5-6;1-2/h2-4H,1H3,(H,8,12);2-5,7H,1H3;1-2H3. The molecule has 2 rings (SSSR count). The summed E-state index contributed by atoms with van der Waals surface area (Å²) in [6.45, 7) is 4.00. The van der Waals surface area contributed by atoms with Gasteiger partial charge < -0.3 is 10.6 Å². The molecule has 0 saturated carbocycles. The lowest BCUT2D eigenvalue weighted by Crippen LogP contribution is -2.18. The summed E-state index contributed by atoms with van der Waals surface area (Å²) in [5.74, 6) is -0.199. The summed E-state index contributed by atoms with van der Waals surface area (Å²) in [5.41, 5.74) is 1.38. The second kappa shape index (κ2) is 12.0. The van der Waals surface area contributed by atoms with Crippen LogP contribution in [0.2, 0.25) is 0 Å². The van der Waals surface area contributed by atoms with Crippen molar-refractivity contribution in [1.82, 2.24) is 20.3 Å². The average Bonchev–Trinajstić information content (AvgIpc) is 2.64. The lowest BCUT2D eigenvalue weighted by molar-refractivity contribution is 0.0961. The summed E-state index contributed by atoms with van der Waals surface area (Å²) in [4.78, 5) is 32.2. The third kappa shape index (κ3) is 7.09. The van der Waals surface area contributed by atoms with Gasteiger partial charge in [0.15, 0.2) is 12.1 Å². The predicted octanol–water partition coefficient (Wildman–Crippen LogP) is 1.80. The van der Waals surface area contributed by atoms with E-state index in [4.69, 9.17) is 0 Å². The quantitative estimate of drug-likeness (QED) is 0.839. The highest BCUT2D eigenvalue weighted by Crippen LogP contribution is 1.98. The highest BCUT2D eigenvalue weighted by atomic mass is 16.1. The van der Waals surface area contributed by atoms with Gasteiger partial charge >= 0.3 is 0 Å². The first kappa shape index (κ1) is 19.2. The van der Waals surface area contributed by atoms with Crippen molar-refractivity contribution in [2.24, 2.45) is 0 Å². The maximum absolute atomic E-state index is 10.9. The number of anilines is 1. The molecular formula is C15H21N5O2. The van der Waals surface area contributed by atoms with E-state index in [-0.39, 0.29) is 11.7 Å². The predicted molar refractivity (Wildman–Crippen MR) is 85.9 cm³/mol. The van der Waals surface area contributed by atoms with Gasteiger partial charge in [-0.2, -0.15) is 0 Å². The highest BCUT2D eigenvalue weighted by molar-refractivity contribution is 5.93. The van der Waals surface area contributed by atoms with Gasteiger partial charge in [0.25, 0.3) is 5.91 Å². The fourth-order valence-corrected chi connectivity index (χ4v) is 1.17. The van der Waals surface area contributed by atoms with Gasteiger partial charge in [0.2, 0.25) is 0 Å². The first-order chi connectivity index (χ1) is 10.7. The van der Waals surface area contributed by atoms with Crippen LogP contribution in [0, 0.1) is 0 Å².